The second-order valence-corrected chi connectivity index (χ2v) is 4.47. The van der Waals surface area contributed by atoms with Gasteiger partial charge in [0.2, 0.25) is 0 Å². The molecule has 15 heavy (non-hydrogen) atoms. The van der Waals surface area contributed by atoms with Crippen LogP contribution in [0.15, 0.2) is 6.07 Å². The lowest BCUT2D eigenvalue weighted by Crippen LogP contribution is -2.27. The van der Waals surface area contributed by atoms with E-state index in [1.54, 1.807) is 18.5 Å². The summed E-state index contributed by atoms with van der Waals surface area (Å²) in [6.07, 6.45) is 1.38. The molecule has 0 amide bonds. The summed E-state index contributed by atoms with van der Waals surface area (Å²) < 4.78 is 1.77. The fourth-order valence-electron chi connectivity index (χ4n) is 1.44. The van der Waals surface area contributed by atoms with Crippen molar-refractivity contribution in [1.82, 2.24) is 9.78 Å². The zero-order valence-corrected chi connectivity index (χ0v) is 9.74. The second-order valence-electron chi connectivity index (χ2n) is 4.47. The number of hydrogen-bond acceptors (Lipinski definition) is 2. The van der Waals surface area contributed by atoms with Gasteiger partial charge in [-0.05, 0) is 26.3 Å². The Morgan fingerprint density at radius 3 is 2.60 bits per heavy atom. The normalized spacial score (nSPS) is 11.7. The van der Waals surface area contributed by atoms with Crippen molar-refractivity contribution in [3.05, 3.63) is 17.5 Å². The summed E-state index contributed by atoms with van der Waals surface area (Å²) in [6.45, 7) is 5.50. The monoisotopic (exact) mass is 210 g/mol. The van der Waals surface area contributed by atoms with Crippen LogP contribution in [-0.2, 0) is 24.7 Å². The highest BCUT2D eigenvalue weighted by Gasteiger charge is 2.28. The van der Waals surface area contributed by atoms with Crippen LogP contribution in [0.3, 0.4) is 0 Å². The molecule has 0 atom stereocenters. The summed E-state index contributed by atoms with van der Waals surface area (Å²) in [5.74, 6) is -0.776. The molecule has 0 spiro atoms. The summed E-state index contributed by atoms with van der Waals surface area (Å²) in [6, 6.07) is 1.98. The minimum Gasteiger partial charge on any atom is -0.481 e. The molecule has 0 aliphatic heterocycles. The third-order valence-electron chi connectivity index (χ3n) is 2.59. The molecule has 1 N–H and O–H groups in total. The first-order chi connectivity index (χ1) is 6.86. The molecule has 0 unspecified atom stereocenters. The molecule has 0 radical (unpaired) electrons. The van der Waals surface area contributed by atoms with Gasteiger partial charge in [-0.25, -0.2) is 0 Å². The average Bonchev–Trinajstić information content (AvgIpc) is 2.46. The SMILES string of the molecule is CCc1cc(CC(C)(C)C(=O)O)n(C)n1. The van der Waals surface area contributed by atoms with Gasteiger partial charge in [0.25, 0.3) is 0 Å². The van der Waals surface area contributed by atoms with E-state index in [9.17, 15) is 4.79 Å². The molecule has 84 valence electrons. The van der Waals surface area contributed by atoms with E-state index in [4.69, 9.17) is 5.11 Å². The van der Waals surface area contributed by atoms with Crippen molar-refractivity contribution in [2.45, 2.75) is 33.6 Å². The molecule has 1 aromatic heterocycles. The van der Waals surface area contributed by atoms with Crippen LogP contribution in [-0.4, -0.2) is 20.9 Å². The second kappa shape index (κ2) is 4.04. The minimum absolute atomic E-state index is 0.506. The van der Waals surface area contributed by atoms with E-state index in [1.165, 1.54) is 0 Å². The standard InChI is InChI=1S/C11H18N2O2/c1-5-8-6-9(13(4)12-8)7-11(2,3)10(14)15/h6H,5,7H2,1-4H3,(H,14,15). The maximum absolute atomic E-state index is 11.0. The van der Waals surface area contributed by atoms with Gasteiger partial charge in [0.15, 0.2) is 0 Å². The van der Waals surface area contributed by atoms with Crippen molar-refractivity contribution in [2.24, 2.45) is 12.5 Å². The molecular weight excluding hydrogens is 192 g/mol. The smallest absolute Gasteiger partial charge is 0.309 e. The molecule has 1 rings (SSSR count). The van der Waals surface area contributed by atoms with Gasteiger partial charge >= 0.3 is 5.97 Å². The first-order valence-electron chi connectivity index (χ1n) is 5.12. The Labute approximate surface area is 89.9 Å². The van der Waals surface area contributed by atoms with Crippen LogP contribution >= 0.6 is 0 Å². The first-order valence-corrected chi connectivity index (χ1v) is 5.12. The summed E-state index contributed by atoms with van der Waals surface area (Å²) in [5.41, 5.74) is 1.24. The number of nitrogens with zero attached hydrogens (tertiary/aromatic N) is 2. The lowest BCUT2D eigenvalue weighted by Gasteiger charge is -2.18. The Balaban J connectivity index is 2.89. The van der Waals surface area contributed by atoms with Crippen molar-refractivity contribution in [1.29, 1.82) is 0 Å². The summed E-state index contributed by atoms with van der Waals surface area (Å²) in [4.78, 5) is 11.0. The number of carboxylic acids is 1. The number of rotatable bonds is 4. The van der Waals surface area contributed by atoms with Crippen molar-refractivity contribution in [2.75, 3.05) is 0 Å². The Morgan fingerprint density at radius 1 is 1.60 bits per heavy atom. The Kier molecular flexibility index (Phi) is 3.17. The van der Waals surface area contributed by atoms with Crippen LogP contribution in [0.2, 0.25) is 0 Å². The van der Waals surface area contributed by atoms with Gasteiger partial charge in [-0.15, -0.1) is 0 Å². The van der Waals surface area contributed by atoms with E-state index in [0.717, 1.165) is 17.8 Å². The van der Waals surface area contributed by atoms with Crippen LogP contribution in [0.25, 0.3) is 0 Å². The fraction of sp³-hybridized carbons (Fsp3) is 0.636. The zero-order valence-electron chi connectivity index (χ0n) is 9.74. The maximum atomic E-state index is 11.0. The third kappa shape index (κ3) is 2.58. The molecule has 0 fully saturated rings. The molecule has 4 nitrogen and oxygen atoms in total. The molecule has 0 bridgehead atoms. The van der Waals surface area contributed by atoms with Gasteiger partial charge in [-0.3, -0.25) is 9.48 Å². The fourth-order valence-corrected chi connectivity index (χ4v) is 1.44. The number of aryl methyl sites for hydroxylation is 2. The molecule has 4 heteroatoms. The van der Waals surface area contributed by atoms with Crippen molar-refractivity contribution >= 4 is 5.97 Å². The van der Waals surface area contributed by atoms with Crippen molar-refractivity contribution < 1.29 is 9.90 Å². The van der Waals surface area contributed by atoms with E-state index < -0.39 is 11.4 Å². The highest BCUT2D eigenvalue weighted by atomic mass is 16.4. The van der Waals surface area contributed by atoms with Crippen LogP contribution < -0.4 is 0 Å². The van der Waals surface area contributed by atoms with Crippen LogP contribution in [0, 0.1) is 5.41 Å². The number of aliphatic carboxylic acids is 1. The maximum Gasteiger partial charge on any atom is 0.309 e. The van der Waals surface area contributed by atoms with Crippen LogP contribution in [0.5, 0.6) is 0 Å². The highest BCUT2D eigenvalue weighted by Crippen LogP contribution is 2.22. The molecule has 1 heterocycles. The van der Waals surface area contributed by atoms with Crippen LogP contribution in [0.4, 0.5) is 0 Å². The average molecular weight is 210 g/mol. The lowest BCUT2D eigenvalue weighted by molar-refractivity contribution is -0.146. The summed E-state index contributed by atoms with van der Waals surface area (Å²) in [5, 5.41) is 13.3. The van der Waals surface area contributed by atoms with Crippen molar-refractivity contribution in [3.63, 3.8) is 0 Å². The predicted octanol–water partition coefficient (Wildman–Crippen LogP) is 1.64. The molecule has 1 aromatic rings. The Hall–Kier alpha value is -1.32. The Bertz CT molecular complexity index is 367. The zero-order chi connectivity index (χ0) is 11.6. The van der Waals surface area contributed by atoms with Gasteiger partial charge < -0.3 is 5.11 Å². The van der Waals surface area contributed by atoms with E-state index in [-0.39, 0.29) is 0 Å². The van der Waals surface area contributed by atoms with E-state index in [1.807, 2.05) is 20.0 Å². The van der Waals surface area contributed by atoms with E-state index in [2.05, 4.69) is 5.10 Å². The summed E-state index contributed by atoms with van der Waals surface area (Å²) in [7, 11) is 1.85. The van der Waals surface area contributed by atoms with Gasteiger partial charge in [-0.1, -0.05) is 6.92 Å². The van der Waals surface area contributed by atoms with Gasteiger partial charge in [0, 0.05) is 19.2 Å². The van der Waals surface area contributed by atoms with E-state index >= 15 is 0 Å². The molecular formula is C11H18N2O2. The first kappa shape index (κ1) is 11.8. The lowest BCUT2D eigenvalue weighted by atomic mass is 9.88. The van der Waals surface area contributed by atoms with Gasteiger partial charge in [-0.2, -0.15) is 5.10 Å². The molecule has 0 saturated heterocycles. The minimum atomic E-state index is -0.776. The van der Waals surface area contributed by atoms with Crippen LogP contribution in [0.1, 0.15) is 32.2 Å². The number of aromatic nitrogens is 2. The topological polar surface area (TPSA) is 55.1 Å². The molecule has 0 aliphatic carbocycles. The summed E-state index contributed by atoms with van der Waals surface area (Å²) >= 11 is 0. The molecule has 0 aromatic carbocycles. The van der Waals surface area contributed by atoms with Crippen molar-refractivity contribution in [3.8, 4) is 0 Å². The predicted molar refractivity (Wildman–Crippen MR) is 57.7 cm³/mol. The Morgan fingerprint density at radius 2 is 2.20 bits per heavy atom. The number of carboxylic acid groups (broad SMARTS) is 1. The molecule has 0 aliphatic rings. The van der Waals surface area contributed by atoms with E-state index in [0.29, 0.717) is 6.42 Å². The third-order valence-corrected chi connectivity index (χ3v) is 2.59. The number of carbonyl (C=O) groups is 1. The highest BCUT2D eigenvalue weighted by molar-refractivity contribution is 5.73. The largest absolute Gasteiger partial charge is 0.481 e. The van der Waals surface area contributed by atoms with Gasteiger partial charge in [0.1, 0.15) is 0 Å². The van der Waals surface area contributed by atoms with Gasteiger partial charge in [0.05, 0.1) is 11.1 Å². The number of hydrogen-bond donors (Lipinski definition) is 1. The molecule has 0 saturated carbocycles. The quantitative estimate of drug-likeness (QED) is 0.821.